The molecule has 1 aromatic heterocycles. The predicted molar refractivity (Wildman–Crippen MR) is 84.4 cm³/mol. The molecule has 1 aliphatic heterocycles. The van der Waals surface area contributed by atoms with Gasteiger partial charge in [-0.3, -0.25) is 4.21 Å². The largest absolute Gasteiger partial charge is 0.444 e. The Morgan fingerprint density at radius 2 is 2.18 bits per heavy atom. The molecule has 1 fully saturated rings. The molecule has 2 rings (SSSR count). The fourth-order valence-electron chi connectivity index (χ4n) is 2.05. The molecule has 8 heteroatoms. The van der Waals surface area contributed by atoms with Crippen molar-refractivity contribution in [3.63, 3.8) is 0 Å². The van der Waals surface area contributed by atoms with Crippen LogP contribution in [-0.2, 0) is 15.5 Å². The number of aryl methyl sites for hydroxylation is 1. The summed E-state index contributed by atoms with van der Waals surface area (Å²) in [5.41, 5.74) is 0.200. The number of aromatic nitrogens is 2. The molecule has 0 bridgehead atoms. The van der Waals surface area contributed by atoms with Crippen LogP contribution in [0.15, 0.2) is 11.4 Å². The molecule has 1 saturated heterocycles. The molecule has 6 nitrogen and oxygen atoms in total. The van der Waals surface area contributed by atoms with Crippen molar-refractivity contribution in [1.29, 1.82) is 0 Å². The van der Waals surface area contributed by atoms with E-state index in [1.165, 1.54) is 0 Å². The van der Waals surface area contributed by atoms with Gasteiger partial charge < -0.3 is 9.64 Å². The molecule has 2 heterocycles. The smallest absolute Gasteiger partial charge is 0.410 e. The molecule has 1 aromatic rings. The van der Waals surface area contributed by atoms with Gasteiger partial charge in [-0.15, -0.1) is 0 Å². The SMILES string of the molecule is Cc1cnc(S(=O)C2CCN(C(=O)OC(C)(C)C)C2)nc1Cl. The van der Waals surface area contributed by atoms with Gasteiger partial charge in [-0.2, -0.15) is 0 Å². The van der Waals surface area contributed by atoms with Crippen LogP contribution in [0.5, 0.6) is 0 Å². The van der Waals surface area contributed by atoms with Crippen molar-refractivity contribution in [3.8, 4) is 0 Å². The van der Waals surface area contributed by atoms with E-state index in [0.717, 1.165) is 5.56 Å². The molecule has 0 N–H and O–H groups in total. The van der Waals surface area contributed by atoms with Crippen molar-refractivity contribution in [3.05, 3.63) is 16.9 Å². The highest BCUT2D eigenvalue weighted by Gasteiger charge is 2.34. The third-order valence-corrected chi connectivity index (χ3v) is 5.10. The summed E-state index contributed by atoms with van der Waals surface area (Å²) in [5.74, 6) is 0. The second-order valence-electron chi connectivity index (χ2n) is 6.26. The van der Waals surface area contributed by atoms with Gasteiger partial charge in [0, 0.05) is 24.8 Å². The molecule has 0 saturated carbocycles. The van der Waals surface area contributed by atoms with Crippen LogP contribution in [0.2, 0.25) is 5.15 Å². The Morgan fingerprint density at radius 1 is 1.50 bits per heavy atom. The van der Waals surface area contributed by atoms with Gasteiger partial charge in [-0.05, 0) is 34.1 Å². The first-order valence-electron chi connectivity index (χ1n) is 7.05. The maximum atomic E-state index is 12.5. The van der Waals surface area contributed by atoms with E-state index in [-0.39, 0.29) is 16.5 Å². The summed E-state index contributed by atoms with van der Waals surface area (Å²) in [6.07, 6.45) is 1.80. The van der Waals surface area contributed by atoms with Gasteiger partial charge in [-0.1, -0.05) is 11.6 Å². The zero-order valence-electron chi connectivity index (χ0n) is 13.1. The summed E-state index contributed by atoms with van der Waals surface area (Å²) in [6.45, 7) is 8.13. The number of halogens is 1. The van der Waals surface area contributed by atoms with Crippen molar-refractivity contribution in [2.75, 3.05) is 13.1 Å². The molecule has 2 atom stereocenters. The van der Waals surface area contributed by atoms with E-state index in [4.69, 9.17) is 16.3 Å². The van der Waals surface area contributed by atoms with Crippen molar-refractivity contribution >= 4 is 28.5 Å². The van der Waals surface area contributed by atoms with E-state index in [1.807, 2.05) is 20.8 Å². The number of hydrogen-bond acceptors (Lipinski definition) is 5. The van der Waals surface area contributed by atoms with Crippen LogP contribution in [0.1, 0.15) is 32.8 Å². The van der Waals surface area contributed by atoms with Crippen molar-refractivity contribution in [2.45, 2.75) is 50.1 Å². The topological polar surface area (TPSA) is 72.4 Å². The zero-order chi connectivity index (χ0) is 16.5. The Kier molecular flexibility index (Phi) is 5.07. The molecule has 0 spiro atoms. The first-order chi connectivity index (χ1) is 10.2. The van der Waals surface area contributed by atoms with E-state index < -0.39 is 16.4 Å². The molecule has 0 aromatic carbocycles. The van der Waals surface area contributed by atoms with Crippen molar-refractivity contribution < 1.29 is 13.7 Å². The summed E-state index contributed by atoms with van der Waals surface area (Å²) in [6, 6.07) is 0. The molecule has 2 unspecified atom stereocenters. The van der Waals surface area contributed by atoms with Crippen molar-refractivity contribution in [1.82, 2.24) is 14.9 Å². The fourth-order valence-corrected chi connectivity index (χ4v) is 3.50. The Bertz CT molecular complexity index is 603. The summed E-state index contributed by atoms with van der Waals surface area (Å²) >= 11 is 5.95. The van der Waals surface area contributed by atoms with E-state index in [2.05, 4.69) is 9.97 Å². The standard InChI is InChI=1S/C14H20ClN3O3S/c1-9-7-16-12(17-11(9)15)22(20)10-5-6-18(8-10)13(19)21-14(2,3)4/h7,10H,5-6,8H2,1-4H3. The average Bonchev–Trinajstić information content (AvgIpc) is 2.89. The van der Waals surface area contributed by atoms with Crippen LogP contribution in [0.25, 0.3) is 0 Å². The highest BCUT2D eigenvalue weighted by molar-refractivity contribution is 7.85. The number of nitrogens with zero attached hydrogens (tertiary/aromatic N) is 3. The van der Waals surface area contributed by atoms with Crippen LogP contribution in [0.3, 0.4) is 0 Å². The normalized spacial score (nSPS) is 20.0. The van der Waals surface area contributed by atoms with Crippen LogP contribution in [-0.4, -0.2) is 49.1 Å². The van der Waals surface area contributed by atoms with Gasteiger partial charge in [-0.25, -0.2) is 14.8 Å². The summed E-state index contributed by atoms with van der Waals surface area (Å²) in [4.78, 5) is 21.7. The van der Waals surface area contributed by atoms with E-state index in [9.17, 15) is 9.00 Å². The Morgan fingerprint density at radius 3 is 2.77 bits per heavy atom. The zero-order valence-corrected chi connectivity index (χ0v) is 14.7. The number of carbonyl (C=O) groups excluding carboxylic acids is 1. The number of likely N-dealkylation sites (tertiary alicyclic amines) is 1. The van der Waals surface area contributed by atoms with Crippen LogP contribution in [0, 0.1) is 6.92 Å². The molecule has 1 aliphatic rings. The Labute approximate surface area is 137 Å². The quantitative estimate of drug-likeness (QED) is 0.608. The minimum atomic E-state index is -1.39. The second kappa shape index (κ2) is 6.50. The van der Waals surface area contributed by atoms with Gasteiger partial charge in [0.15, 0.2) is 0 Å². The molecule has 22 heavy (non-hydrogen) atoms. The van der Waals surface area contributed by atoms with Gasteiger partial charge in [0.2, 0.25) is 5.16 Å². The highest BCUT2D eigenvalue weighted by Crippen LogP contribution is 2.22. The molecule has 0 aliphatic carbocycles. The third-order valence-electron chi connectivity index (χ3n) is 3.17. The number of ether oxygens (including phenoxy) is 1. The maximum absolute atomic E-state index is 12.5. The first-order valence-corrected chi connectivity index (χ1v) is 8.64. The first kappa shape index (κ1) is 17.1. The average molecular weight is 346 g/mol. The summed E-state index contributed by atoms with van der Waals surface area (Å²) in [5, 5.41) is 0.318. The lowest BCUT2D eigenvalue weighted by Crippen LogP contribution is -2.36. The van der Waals surface area contributed by atoms with Gasteiger partial charge in [0.1, 0.15) is 10.8 Å². The number of rotatable bonds is 2. The highest BCUT2D eigenvalue weighted by atomic mass is 35.5. The third kappa shape index (κ3) is 4.16. The van der Waals surface area contributed by atoms with E-state index in [0.29, 0.717) is 24.7 Å². The Balaban J connectivity index is 2.02. The van der Waals surface area contributed by atoms with Gasteiger partial charge in [0.05, 0.1) is 16.0 Å². The summed E-state index contributed by atoms with van der Waals surface area (Å²) in [7, 11) is -1.39. The number of carbonyl (C=O) groups is 1. The minimum absolute atomic E-state index is 0.203. The molecular weight excluding hydrogens is 326 g/mol. The molecular formula is C14H20ClN3O3S. The maximum Gasteiger partial charge on any atom is 0.410 e. The number of amides is 1. The molecule has 122 valence electrons. The van der Waals surface area contributed by atoms with Crippen molar-refractivity contribution in [2.24, 2.45) is 0 Å². The van der Waals surface area contributed by atoms with Crippen LogP contribution in [0.4, 0.5) is 4.79 Å². The van der Waals surface area contributed by atoms with Crippen LogP contribution >= 0.6 is 11.6 Å². The predicted octanol–water partition coefficient (Wildman–Crippen LogP) is 2.56. The van der Waals surface area contributed by atoms with Crippen LogP contribution < -0.4 is 0 Å². The summed E-state index contributed by atoms with van der Waals surface area (Å²) < 4.78 is 17.8. The monoisotopic (exact) mass is 345 g/mol. The van der Waals surface area contributed by atoms with E-state index >= 15 is 0 Å². The molecule has 1 amide bonds. The second-order valence-corrected chi connectivity index (χ2v) is 8.25. The minimum Gasteiger partial charge on any atom is -0.444 e. The van der Waals surface area contributed by atoms with E-state index in [1.54, 1.807) is 18.0 Å². The lowest BCUT2D eigenvalue weighted by atomic mass is 10.2. The Hall–Kier alpha value is -1.21. The van der Waals surface area contributed by atoms with Gasteiger partial charge >= 0.3 is 6.09 Å². The van der Waals surface area contributed by atoms with Gasteiger partial charge in [0.25, 0.3) is 0 Å². The lowest BCUT2D eigenvalue weighted by molar-refractivity contribution is 0.0295. The fraction of sp³-hybridized carbons (Fsp3) is 0.643. The lowest BCUT2D eigenvalue weighted by Gasteiger charge is -2.24. The molecule has 0 radical (unpaired) electrons. The number of hydrogen-bond donors (Lipinski definition) is 0.